The topological polar surface area (TPSA) is 29.5 Å². The predicted octanol–water partition coefficient (Wildman–Crippen LogP) is 5.44. The first-order chi connectivity index (χ1) is 11.9. The molecular weight excluding hydrogens is 329 g/mol. The summed E-state index contributed by atoms with van der Waals surface area (Å²) in [6, 6.07) is 12.8. The zero-order chi connectivity index (χ0) is 17.9. The van der Waals surface area contributed by atoms with Gasteiger partial charge in [0, 0.05) is 5.56 Å². The maximum absolute atomic E-state index is 13.1. The molecule has 0 amide bonds. The zero-order valence-electron chi connectivity index (χ0n) is 13.9. The second-order valence-electron chi connectivity index (χ2n) is 6.58. The molecule has 0 saturated heterocycles. The average Bonchev–Trinajstić information content (AvgIpc) is 2.60. The molecule has 2 aromatic rings. The monoisotopic (exact) mass is 350 g/mol. The molecule has 0 atom stereocenters. The molecule has 134 valence electrons. The van der Waals surface area contributed by atoms with Gasteiger partial charge in [-0.3, -0.25) is 0 Å². The summed E-state index contributed by atoms with van der Waals surface area (Å²) < 4.78 is 45.1. The highest BCUT2D eigenvalue weighted by atomic mass is 19.4. The van der Waals surface area contributed by atoms with E-state index in [9.17, 15) is 18.3 Å². The van der Waals surface area contributed by atoms with Gasteiger partial charge in [0.15, 0.2) is 0 Å². The van der Waals surface area contributed by atoms with Gasteiger partial charge in [-0.2, -0.15) is 13.2 Å². The standard InChI is InChI=1S/C20H21F3O2/c21-20(22,23)16-9-10-18(25-14-15-7-3-1-4-8-15)17(13-16)19(24)11-5-2-6-12-19/h1,3-4,7-10,13,24H,2,5-6,11-12,14H2. The third-order valence-corrected chi connectivity index (χ3v) is 4.73. The quantitative estimate of drug-likeness (QED) is 0.796. The fourth-order valence-electron chi connectivity index (χ4n) is 3.34. The smallest absolute Gasteiger partial charge is 0.416 e. The van der Waals surface area contributed by atoms with E-state index in [0.717, 1.165) is 37.0 Å². The average molecular weight is 350 g/mol. The van der Waals surface area contributed by atoms with Crippen molar-refractivity contribution in [2.45, 2.75) is 50.5 Å². The van der Waals surface area contributed by atoms with Crippen LogP contribution in [0.25, 0.3) is 0 Å². The molecule has 0 aromatic heterocycles. The molecule has 0 unspecified atom stereocenters. The normalized spacial score (nSPS) is 17.3. The maximum Gasteiger partial charge on any atom is 0.416 e. The van der Waals surface area contributed by atoms with Crippen molar-refractivity contribution in [1.29, 1.82) is 0 Å². The van der Waals surface area contributed by atoms with E-state index < -0.39 is 17.3 Å². The number of alkyl halides is 3. The lowest BCUT2D eigenvalue weighted by atomic mass is 9.79. The molecule has 1 N–H and O–H groups in total. The van der Waals surface area contributed by atoms with E-state index in [1.807, 2.05) is 30.3 Å². The molecule has 2 aromatic carbocycles. The summed E-state index contributed by atoms with van der Waals surface area (Å²) in [5.74, 6) is 0.321. The van der Waals surface area contributed by atoms with Crippen LogP contribution in [-0.2, 0) is 18.4 Å². The van der Waals surface area contributed by atoms with Gasteiger partial charge in [-0.1, -0.05) is 49.6 Å². The SMILES string of the molecule is OC1(c2cc(C(F)(F)F)ccc2OCc2ccccc2)CCCCC1. The van der Waals surface area contributed by atoms with Crippen LogP contribution in [0.5, 0.6) is 5.75 Å². The Morgan fingerprint density at radius 3 is 2.28 bits per heavy atom. The first-order valence-electron chi connectivity index (χ1n) is 8.49. The Bertz CT molecular complexity index is 705. The van der Waals surface area contributed by atoms with Crippen molar-refractivity contribution in [2.24, 2.45) is 0 Å². The van der Waals surface area contributed by atoms with Gasteiger partial charge in [0.05, 0.1) is 11.2 Å². The summed E-state index contributed by atoms with van der Waals surface area (Å²) in [5, 5.41) is 11.0. The molecule has 1 aliphatic carbocycles. The van der Waals surface area contributed by atoms with Crippen LogP contribution in [0.2, 0.25) is 0 Å². The minimum atomic E-state index is -4.45. The van der Waals surface area contributed by atoms with Gasteiger partial charge in [0.2, 0.25) is 0 Å². The minimum Gasteiger partial charge on any atom is -0.489 e. The predicted molar refractivity (Wildman–Crippen MR) is 89.2 cm³/mol. The van der Waals surface area contributed by atoms with Crippen LogP contribution in [0.1, 0.15) is 48.8 Å². The van der Waals surface area contributed by atoms with Crippen molar-refractivity contribution in [3.63, 3.8) is 0 Å². The summed E-state index contributed by atoms with van der Waals surface area (Å²) >= 11 is 0. The molecule has 0 spiro atoms. The third-order valence-electron chi connectivity index (χ3n) is 4.73. The Kier molecular flexibility index (Phi) is 5.04. The summed E-state index contributed by atoms with van der Waals surface area (Å²) in [7, 11) is 0. The number of ether oxygens (including phenoxy) is 1. The second kappa shape index (κ2) is 7.08. The molecule has 0 bridgehead atoms. The van der Waals surface area contributed by atoms with Gasteiger partial charge in [-0.05, 0) is 36.6 Å². The van der Waals surface area contributed by atoms with Crippen molar-refractivity contribution in [1.82, 2.24) is 0 Å². The largest absolute Gasteiger partial charge is 0.489 e. The molecule has 0 radical (unpaired) electrons. The van der Waals surface area contributed by atoms with Crippen LogP contribution < -0.4 is 4.74 Å². The Balaban J connectivity index is 1.93. The zero-order valence-corrected chi connectivity index (χ0v) is 13.9. The maximum atomic E-state index is 13.1. The van der Waals surface area contributed by atoms with Gasteiger partial charge in [0.1, 0.15) is 12.4 Å². The Labute approximate surface area is 145 Å². The van der Waals surface area contributed by atoms with Crippen molar-refractivity contribution in [3.8, 4) is 5.75 Å². The third kappa shape index (κ3) is 4.15. The molecule has 2 nitrogen and oxygen atoms in total. The highest BCUT2D eigenvalue weighted by molar-refractivity contribution is 5.42. The van der Waals surface area contributed by atoms with Gasteiger partial charge in [0.25, 0.3) is 0 Å². The van der Waals surface area contributed by atoms with E-state index in [4.69, 9.17) is 4.74 Å². The van der Waals surface area contributed by atoms with Crippen LogP contribution in [-0.4, -0.2) is 5.11 Å². The summed E-state index contributed by atoms with van der Waals surface area (Å²) in [5.41, 5.74) is -0.846. The van der Waals surface area contributed by atoms with E-state index in [-0.39, 0.29) is 12.2 Å². The van der Waals surface area contributed by atoms with Crippen LogP contribution in [0.4, 0.5) is 13.2 Å². The van der Waals surface area contributed by atoms with E-state index in [0.29, 0.717) is 18.6 Å². The highest BCUT2D eigenvalue weighted by Gasteiger charge is 2.37. The van der Waals surface area contributed by atoms with Gasteiger partial charge >= 0.3 is 6.18 Å². The van der Waals surface area contributed by atoms with Gasteiger partial charge < -0.3 is 9.84 Å². The lowest BCUT2D eigenvalue weighted by Crippen LogP contribution is -2.29. The van der Waals surface area contributed by atoms with Crippen LogP contribution in [0.3, 0.4) is 0 Å². The number of benzene rings is 2. The Hall–Kier alpha value is -2.01. The van der Waals surface area contributed by atoms with Crippen LogP contribution in [0, 0.1) is 0 Å². The molecule has 0 aliphatic heterocycles. The van der Waals surface area contributed by atoms with Crippen molar-refractivity contribution in [3.05, 3.63) is 65.2 Å². The number of hydrogen-bond acceptors (Lipinski definition) is 2. The highest BCUT2D eigenvalue weighted by Crippen LogP contribution is 2.43. The van der Waals surface area contributed by atoms with E-state index in [2.05, 4.69) is 0 Å². The Morgan fingerprint density at radius 1 is 0.960 bits per heavy atom. The fourth-order valence-corrected chi connectivity index (χ4v) is 3.34. The molecule has 3 rings (SSSR count). The molecule has 25 heavy (non-hydrogen) atoms. The van der Waals surface area contributed by atoms with E-state index in [1.165, 1.54) is 6.07 Å². The van der Waals surface area contributed by atoms with E-state index >= 15 is 0 Å². The number of rotatable bonds is 4. The van der Waals surface area contributed by atoms with Gasteiger partial charge in [-0.15, -0.1) is 0 Å². The number of halogens is 3. The van der Waals surface area contributed by atoms with Gasteiger partial charge in [-0.25, -0.2) is 0 Å². The summed E-state index contributed by atoms with van der Waals surface area (Å²) in [6.07, 6.45) is -0.957. The van der Waals surface area contributed by atoms with Crippen LogP contribution in [0.15, 0.2) is 48.5 Å². The first-order valence-corrected chi connectivity index (χ1v) is 8.49. The van der Waals surface area contributed by atoms with Crippen LogP contribution >= 0.6 is 0 Å². The molecule has 5 heteroatoms. The fraction of sp³-hybridized carbons (Fsp3) is 0.400. The minimum absolute atomic E-state index is 0.245. The molecule has 1 aliphatic rings. The Morgan fingerprint density at radius 2 is 1.64 bits per heavy atom. The molecule has 1 fully saturated rings. The summed E-state index contributed by atoms with van der Waals surface area (Å²) in [6.45, 7) is 0.245. The lowest BCUT2D eigenvalue weighted by molar-refractivity contribution is -0.137. The number of aliphatic hydroxyl groups is 1. The molecular formula is C20H21F3O2. The van der Waals surface area contributed by atoms with Crippen molar-refractivity contribution in [2.75, 3.05) is 0 Å². The van der Waals surface area contributed by atoms with Crippen molar-refractivity contribution >= 4 is 0 Å². The second-order valence-corrected chi connectivity index (χ2v) is 6.58. The van der Waals surface area contributed by atoms with Crippen molar-refractivity contribution < 1.29 is 23.0 Å². The molecule has 1 saturated carbocycles. The first kappa shape index (κ1) is 17.8. The number of hydrogen-bond donors (Lipinski definition) is 1. The lowest BCUT2D eigenvalue weighted by Gasteiger charge is -2.34. The summed E-state index contributed by atoms with van der Waals surface area (Å²) in [4.78, 5) is 0. The molecule has 0 heterocycles. The van der Waals surface area contributed by atoms with E-state index in [1.54, 1.807) is 0 Å².